The molecule has 0 spiro atoms. The average Bonchev–Trinajstić information content (AvgIpc) is 2.48. The Morgan fingerprint density at radius 2 is 1.82 bits per heavy atom. The zero-order valence-electron chi connectivity index (χ0n) is 12.8. The topological polar surface area (TPSA) is 113 Å². The zero-order chi connectivity index (χ0) is 16.5. The predicted octanol–water partition coefficient (Wildman–Crippen LogP) is 1.94. The number of hydrogen-bond acceptors (Lipinski definition) is 4. The molecular weight excluding hydrogens is 284 g/mol. The summed E-state index contributed by atoms with van der Waals surface area (Å²) in [5, 5.41) is 21.3. The molecule has 1 rings (SSSR count). The molecule has 1 aromatic rings. The maximum Gasteiger partial charge on any atom is 0.320 e. The minimum Gasteiger partial charge on any atom is -0.481 e. The number of aliphatic carboxylic acids is 2. The molecule has 0 heterocycles. The average molecular weight is 308 g/mol. The van der Waals surface area contributed by atoms with Crippen LogP contribution in [0.5, 0.6) is 0 Å². The first kappa shape index (κ1) is 18.0. The molecule has 0 aliphatic rings. The van der Waals surface area contributed by atoms with Crippen LogP contribution in [-0.4, -0.2) is 34.7 Å². The molecule has 0 bridgehead atoms. The van der Waals surface area contributed by atoms with Crippen LogP contribution in [-0.2, 0) is 16.0 Å². The van der Waals surface area contributed by atoms with Crippen molar-refractivity contribution in [1.29, 1.82) is 0 Å². The molecule has 0 amide bonds. The van der Waals surface area contributed by atoms with Gasteiger partial charge in [-0.25, -0.2) is 0 Å². The maximum absolute atomic E-state index is 11.2. The quantitative estimate of drug-likeness (QED) is 0.491. The Balaban J connectivity index is 2.62. The van der Waals surface area contributed by atoms with Crippen molar-refractivity contribution in [2.75, 3.05) is 11.9 Å². The Bertz CT molecular complexity index is 487. The third kappa shape index (κ3) is 6.13. The highest BCUT2D eigenvalue weighted by Crippen LogP contribution is 2.17. The molecule has 0 saturated heterocycles. The SMILES string of the molecule is CCCCNc1ccc(CC(CC(N)C(=O)O)C(=O)O)cc1. The number of nitrogens with two attached hydrogens (primary N) is 1. The number of carbonyl (C=O) groups is 2. The summed E-state index contributed by atoms with van der Waals surface area (Å²) < 4.78 is 0. The van der Waals surface area contributed by atoms with Crippen molar-refractivity contribution >= 4 is 17.6 Å². The highest BCUT2D eigenvalue weighted by atomic mass is 16.4. The first-order chi connectivity index (χ1) is 10.4. The normalized spacial score (nSPS) is 13.4. The second kappa shape index (κ2) is 9.04. The lowest BCUT2D eigenvalue weighted by Gasteiger charge is -2.15. The van der Waals surface area contributed by atoms with E-state index in [4.69, 9.17) is 10.8 Å². The van der Waals surface area contributed by atoms with Crippen LogP contribution in [0.15, 0.2) is 24.3 Å². The summed E-state index contributed by atoms with van der Waals surface area (Å²) in [6.07, 6.45) is 2.40. The third-order valence-corrected chi connectivity index (χ3v) is 3.50. The van der Waals surface area contributed by atoms with Gasteiger partial charge in [0.1, 0.15) is 6.04 Å². The lowest BCUT2D eigenvalue weighted by molar-refractivity contribution is -0.143. The molecule has 6 heteroatoms. The highest BCUT2D eigenvalue weighted by Gasteiger charge is 2.24. The van der Waals surface area contributed by atoms with Gasteiger partial charge < -0.3 is 21.3 Å². The van der Waals surface area contributed by atoms with E-state index in [0.29, 0.717) is 0 Å². The summed E-state index contributed by atoms with van der Waals surface area (Å²) >= 11 is 0. The Morgan fingerprint density at radius 3 is 2.32 bits per heavy atom. The van der Waals surface area contributed by atoms with Crippen LogP contribution in [0.25, 0.3) is 0 Å². The van der Waals surface area contributed by atoms with Crippen LogP contribution in [0.4, 0.5) is 5.69 Å². The summed E-state index contributed by atoms with van der Waals surface area (Å²) in [7, 11) is 0. The maximum atomic E-state index is 11.2. The largest absolute Gasteiger partial charge is 0.481 e. The molecule has 22 heavy (non-hydrogen) atoms. The van der Waals surface area contributed by atoms with Gasteiger partial charge in [-0.2, -0.15) is 0 Å². The van der Waals surface area contributed by atoms with Crippen LogP contribution in [0.2, 0.25) is 0 Å². The molecule has 1 aromatic carbocycles. The monoisotopic (exact) mass is 308 g/mol. The summed E-state index contributed by atoms with van der Waals surface area (Å²) in [6.45, 7) is 3.03. The van der Waals surface area contributed by atoms with Crippen molar-refractivity contribution in [3.8, 4) is 0 Å². The fraction of sp³-hybridized carbons (Fsp3) is 0.500. The first-order valence-corrected chi connectivity index (χ1v) is 7.48. The van der Waals surface area contributed by atoms with Crippen LogP contribution >= 0.6 is 0 Å². The minimum absolute atomic E-state index is 0.0822. The van der Waals surface area contributed by atoms with Gasteiger partial charge >= 0.3 is 11.9 Å². The fourth-order valence-corrected chi connectivity index (χ4v) is 2.13. The summed E-state index contributed by atoms with van der Waals surface area (Å²) in [5.41, 5.74) is 7.27. The molecule has 2 unspecified atom stereocenters. The van der Waals surface area contributed by atoms with Crippen LogP contribution in [0.1, 0.15) is 31.7 Å². The molecule has 122 valence electrons. The van der Waals surface area contributed by atoms with E-state index in [1.807, 2.05) is 24.3 Å². The van der Waals surface area contributed by atoms with E-state index in [1.54, 1.807) is 0 Å². The van der Waals surface area contributed by atoms with Crippen molar-refractivity contribution in [2.45, 2.75) is 38.6 Å². The van der Waals surface area contributed by atoms with Crippen LogP contribution in [0.3, 0.4) is 0 Å². The predicted molar refractivity (Wildman–Crippen MR) is 84.9 cm³/mol. The summed E-state index contributed by atoms with van der Waals surface area (Å²) in [4.78, 5) is 22.0. The van der Waals surface area contributed by atoms with Gasteiger partial charge in [0.05, 0.1) is 5.92 Å². The Labute approximate surface area is 130 Å². The number of benzene rings is 1. The Hall–Kier alpha value is -2.08. The number of carboxylic acid groups (broad SMARTS) is 2. The highest BCUT2D eigenvalue weighted by molar-refractivity contribution is 5.76. The first-order valence-electron chi connectivity index (χ1n) is 7.48. The van der Waals surface area contributed by atoms with Gasteiger partial charge in [-0.15, -0.1) is 0 Å². The molecule has 0 saturated carbocycles. The lowest BCUT2D eigenvalue weighted by atomic mass is 9.93. The molecule has 6 nitrogen and oxygen atoms in total. The van der Waals surface area contributed by atoms with Crippen molar-refractivity contribution in [2.24, 2.45) is 11.7 Å². The number of unbranched alkanes of at least 4 members (excludes halogenated alkanes) is 1. The lowest BCUT2D eigenvalue weighted by Crippen LogP contribution is -2.35. The fourth-order valence-electron chi connectivity index (χ4n) is 2.13. The third-order valence-electron chi connectivity index (χ3n) is 3.50. The zero-order valence-corrected chi connectivity index (χ0v) is 12.8. The van der Waals surface area contributed by atoms with Crippen LogP contribution < -0.4 is 11.1 Å². The number of hydrogen-bond donors (Lipinski definition) is 4. The number of rotatable bonds is 10. The van der Waals surface area contributed by atoms with E-state index in [9.17, 15) is 14.7 Å². The summed E-state index contributed by atoms with van der Waals surface area (Å²) in [6, 6.07) is 6.37. The Kier molecular flexibility index (Phi) is 7.39. The van der Waals surface area contributed by atoms with Gasteiger partial charge in [0.2, 0.25) is 0 Å². The second-order valence-corrected chi connectivity index (χ2v) is 5.40. The van der Waals surface area contributed by atoms with E-state index < -0.39 is 23.9 Å². The van der Waals surface area contributed by atoms with E-state index >= 15 is 0 Å². The van der Waals surface area contributed by atoms with E-state index in [2.05, 4.69) is 12.2 Å². The molecule has 5 N–H and O–H groups in total. The number of carboxylic acids is 2. The van der Waals surface area contributed by atoms with Crippen molar-refractivity contribution in [3.63, 3.8) is 0 Å². The van der Waals surface area contributed by atoms with Gasteiger partial charge in [0, 0.05) is 12.2 Å². The number of anilines is 1. The van der Waals surface area contributed by atoms with Crippen molar-refractivity contribution in [1.82, 2.24) is 0 Å². The number of nitrogens with one attached hydrogen (secondary N) is 1. The van der Waals surface area contributed by atoms with E-state index in [0.717, 1.165) is 30.6 Å². The van der Waals surface area contributed by atoms with Crippen molar-refractivity contribution < 1.29 is 19.8 Å². The molecule has 0 fully saturated rings. The molecule has 0 radical (unpaired) electrons. The van der Waals surface area contributed by atoms with E-state index in [-0.39, 0.29) is 12.8 Å². The molecular formula is C16H24N2O4. The van der Waals surface area contributed by atoms with Crippen LogP contribution in [0, 0.1) is 5.92 Å². The standard InChI is InChI=1S/C16H24N2O4/c1-2-3-8-18-13-6-4-11(5-7-13)9-12(15(19)20)10-14(17)16(21)22/h4-7,12,14,18H,2-3,8-10,17H2,1H3,(H,19,20)(H,21,22). The van der Waals surface area contributed by atoms with E-state index in [1.165, 1.54) is 0 Å². The van der Waals surface area contributed by atoms with Gasteiger partial charge in [0.25, 0.3) is 0 Å². The summed E-state index contributed by atoms with van der Waals surface area (Å²) in [5.74, 6) is -3.01. The molecule has 0 aliphatic carbocycles. The van der Waals surface area contributed by atoms with Gasteiger partial charge in [-0.1, -0.05) is 25.5 Å². The molecule has 2 atom stereocenters. The minimum atomic E-state index is -1.18. The van der Waals surface area contributed by atoms with Gasteiger partial charge in [-0.3, -0.25) is 9.59 Å². The Morgan fingerprint density at radius 1 is 1.18 bits per heavy atom. The van der Waals surface area contributed by atoms with Gasteiger partial charge in [-0.05, 0) is 37.0 Å². The molecule has 0 aliphatic heterocycles. The molecule has 0 aromatic heterocycles. The smallest absolute Gasteiger partial charge is 0.320 e. The van der Waals surface area contributed by atoms with Gasteiger partial charge in [0.15, 0.2) is 0 Å². The van der Waals surface area contributed by atoms with Crippen molar-refractivity contribution in [3.05, 3.63) is 29.8 Å². The second-order valence-electron chi connectivity index (χ2n) is 5.40.